The lowest BCUT2D eigenvalue weighted by atomic mass is 10.1. The zero-order chi connectivity index (χ0) is 17.8. The molecule has 0 spiro atoms. The van der Waals surface area contributed by atoms with Crippen LogP contribution in [-0.4, -0.2) is 11.0 Å². The average molecular weight is 421 g/mol. The number of nitrogens with zero attached hydrogens (tertiary/aromatic N) is 1. The molecule has 1 aromatic heterocycles. The third-order valence-electron chi connectivity index (χ3n) is 3.47. The summed E-state index contributed by atoms with van der Waals surface area (Å²) in [5, 5.41) is 12.9. The van der Waals surface area contributed by atoms with E-state index in [2.05, 4.69) is 20.9 Å². The maximum Gasteiger partial charge on any atom is 0.129 e. The summed E-state index contributed by atoms with van der Waals surface area (Å²) in [7, 11) is 0. The number of carbonyl (C=O) groups excluding carboxylic acids is 1. The Balaban J connectivity index is 1.80. The lowest BCUT2D eigenvalue weighted by molar-refractivity contribution is -0.255. The van der Waals surface area contributed by atoms with Gasteiger partial charge in [-0.2, -0.15) is 0 Å². The van der Waals surface area contributed by atoms with Gasteiger partial charge in [0.05, 0.1) is 16.7 Å². The third-order valence-corrected chi connectivity index (χ3v) is 4.81. The smallest absolute Gasteiger partial charge is 0.129 e. The molecular weight excluding hydrogens is 409 g/mol. The summed E-state index contributed by atoms with van der Waals surface area (Å²) in [4.78, 5) is 14.9. The monoisotopic (exact) mass is 420 g/mol. The van der Waals surface area contributed by atoms with E-state index in [1.807, 2.05) is 12.1 Å². The molecule has 0 aliphatic rings. The highest BCUT2D eigenvalue weighted by Crippen LogP contribution is 2.27. The molecule has 128 valence electrons. The standard InChI is InChI=1S/C18H13BrFNO3S/c19-13-5-6-16(24-9-11-3-1-2-4-14(11)20)12(7-13)8-17-21-15(10-25-17)18(22)23/h1-7,10H,8-9H2,(H,22,23)/p-1. The molecule has 2 aromatic carbocycles. The van der Waals surface area contributed by atoms with Gasteiger partial charge in [-0.1, -0.05) is 34.1 Å². The van der Waals surface area contributed by atoms with Crippen LogP contribution in [0.15, 0.2) is 52.3 Å². The maximum atomic E-state index is 13.7. The number of carboxylic acid groups (broad SMARTS) is 1. The Hall–Kier alpha value is -2.25. The summed E-state index contributed by atoms with van der Waals surface area (Å²) >= 11 is 4.65. The van der Waals surface area contributed by atoms with Crippen molar-refractivity contribution in [3.63, 3.8) is 0 Å². The molecule has 7 heteroatoms. The fourth-order valence-corrected chi connectivity index (χ4v) is 3.44. The van der Waals surface area contributed by atoms with Crippen molar-refractivity contribution in [3.05, 3.63) is 80.0 Å². The Kier molecular flexibility index (Phi) is 5.45. The molecule has 0 saturated carbocycles. The van der Waals surface area contributed by atoms with Gasteiger partial charge in [0.25, 0.3) is 0 Å². The van der Waals surface area contributed by atoms with Crippen LogP contribution in [0, 0.1) is 5.82 Å². The fourth-order valence-electron chi connectivity index (χ4n) is 2.25. The van der Waals surface area contributed by atoms with E-state index in [9.17, 15) is 14.3 Å². The van der Waals surface area contributed by atoms with Crippen molar-refractivity contribution in [2.45, 2.75) is 13.0 Å². The Morgan fingerprint density at radius 1 is 1.24 bits per heavy atom. The zero-order valence-electron chi connectivity index (χ0n) is 12.9. The Bertz CT molecular complexity index is 913. The van der Waals surface area contributed by atoms with Gasteiger partial charge in [-0.05, 0) is 24.3 Å². The van der Waals surface area contributed by atoms with E-state index < -0.39 is 5.97 Å². The summed E-state index contributed by atoms with van der Waals surface area (Å²) in [5.74, 6) is -1.02. The molecule has 4 nitrogen and oxygen atoms in total. The van der Waals surface area contributed by atoms with Crippen LogP contribution in [0.5, 0.6) is 5.75 Å². The predicted octanol–water partition coefficient (Wildman–Crippen LogP) is 3.58. The van der Waals surface area contributed by atoms with Gasteiger partial charge in [0.15, 0.2) is 0 Å². The highest BCUT2D eigenvalue weighted by molar-refractivity contribution is 9.10. The molecule has 3 rings (SSSR count). The Labute approximate surface area is 156 Å². The summed E-state index contributed by atoms with van der Waals surface area (Å²) in [6, 6.07) is 11.9. The van der Waals surface area contributed by atoms with E-state index in [1.165, 1.54) is 22.8 Å². The van der Waals surface area contributed by atoms with E-state index in [-0.39, 0.29) is 18.1 Å². The van der Waals surface area contributed by atoms with Crippen molar-refractivity contribution in [2.75, 3.05) is 0 Å². The summed E-state index contributed by atoms with van der Waals surface area (Å²) < 4.78 is 20.4. The van der Waals surface area contributed by atoms with Gasteiger partial charge >= 0.3 is 0 Å². The highest BCUT2D eigenvalue weighted by atomic mass is 79.9. The van der Waals surface area contributed by atoms with Crippen LogP contribution < -0.4 is 9.84 Å². The Morgan fingerprint density at radius 2 is 2.04 bits per heavy atom. The largest absolute Gasteiger partial charge is 0.543 e. The van der Waals surface area contributed by atoms with Crippen LogP contribution >= 0.6 is 27.3 Å². The molecule has 0 fully saturated rings. The minimum Gasteiger partial charge on any atom is -0.543 e. The molecule has 3 aromatic rings. The number of hydrogen-bond donors (Lipinski definition) is 0. The normalized spacial score (nSPS) is 10.6. The fraction of sp³-hybridized carbons (Fsp3) is 0.111. The molecular formula is C18H12BrFNO3S-. The van der Waals surface area contributed by atoms with E-state index in [1.54, 1.807) is 24.3 Å². The minimum atomic E-state index is -1.30. The second kappa shape index (κ2) is 7.76. The number of ether oxygens (including phenoxy) is 1. The molecule has 0 amide bonds. The van der Waals surface area contributed by atoms with Crippen LogP contribution in [0.2, 0.25) is 0 Å². The first kappa shape index (κ1) is 17.6. The van der Waals surface area contributed by atoms with E-state index in [0.29, 0.717) is 22.7 Å². The molecule has 0 radical (unpaired) electrons. The SMILES string of the molecule is O=C([O-])c1csc(Cc2cc(Br)ccc2OCc2ccccc2F)n1. The first-order chi connectivity index (χ1) is 12.0. The van der Waals surface area contributed by atoms with Gasteiger partial charge in [-0.3, -0.25) is 0 Å². The first-order valence-electron chi connectivity index (χ1n) is 7.33. The minimum absolute atomic E-state index is 0.0798. The topological polar surface area (TPSA) is 62.2 Å². The summed E-state index contributed by atoms with van der Waals surface area (Å²) in [6.45, 7) is 0.101. The third kappa shape index (κ3) is 4.43. The highest BCUT2D eigenvalue weighted by Gasteiger charge is 2.11. The molecule has 0 aliphatic heterocycles. The van der Waals surface area contributed by atoms with E-state index >= 15 is 0 Å². The van der Waals surface area contributed by atoms with Gasteiger partial charge < -0.3 is 14.6 Å². The number of hydrogen-bond acceptors (Lipinski definition) is 5. The lowest BCUT2D eigenvalue weighted by Crippen LogP contribution is -2.22. The molecule has 25 heavy (non-hydrogen) atoms. The van der Waals surface area contributed by atoms with Gasteiger partial charge in [0.1, 0.15) is 18.2 Å². The molecule has 0 bridgehead atoms. The second-order valence-electron chi connectivity index (χ2n) is 5.22. The number of thiazole rings is 1. The molecule has 0 aliphatic carbocycles. The Morgan fingerprint density at radius 3 is 2.76 bits per heavy atom. The van der Waals surface area contributed by atoms with E-state index in [0.717, 1.165) is 10.0 Å². The molecule has 0 unspecified atom stereocenters. The van der Waals surface area contributed by atoms with Crippen molar-refractivity contribution in [3.8, 4) is 5.75 Å². The van der Waals surface area contributed by atoms with Crippen molar-refractivity contribution in [1.29, 1.82) is 0 Å². The van der Waals surface area contributed by atoms with Crippen LogP contribution in [0.1, 0.15) is 26.6 Å². The molecule has 0 N–H and O–H groups in total. The van der Waals surface area contributed by atoms with Gasteiger partial charge in [0.2, 0.25) is 0 Å². The second-order valence-corrected chi connectivity index (χ2v) is 7.08. The van der Waals surface area contributed by atoms with Crippen LogP contribution in [0.3, 0.4) is 0 Å². The van der Waals surface area contributed by atoms with Crippen molar-refractivity contribution < 1.29 is 19.0 Å². The number of aromatic carboxylic acids is 1. The van der Waals surface area contributed by atoms with Crippen LogP contribution in [-0.2, 0) is 13.0 Å². The number of benzene rings is 2. The van der Waals surface area contributed by atoms with Gasteiger partial charge in [-0.15, -0.1) is 11.3 Å². The number of aromatic nitrogens is 1. The zero-order valence-corrected chi connectivity index (χ0v) is 15.3. The maximum absolute atomic E-state index is 13.7. The lowest BCUT2D eigenvalue weighted by Gasteiger charge is -2.12. The number of rotatable bonds is 6. The first-order valence-corrected chi connectivity index (χ1v) is 9.00. The summed E-state index contributed by atoms with van der Waals surface area (Å²) in [6.07, 6.45) is 0.407. The quantitative estimate of drug-likeness (QED) is 0.611. The number of carbonyl (C=O) groups is 1. The average Bonchev–Trinajstić information content (AvgIpc) is 3.04. The van der Waals surface area contributed by atoms with Crippen molar-refractivity contribution in [1.82, 2.24) is 4.98 Å². The molecule has 1 heterocycles. The van der Waals surface area contributed by atoms with Crippen LogP contribution in [0.4, 0.5) is 4.39 Å². The van der Waals surface area contributed by atoms with Crippen molar-refractivity contribution >= 4 is 33.2 Å². The number of halogens is 2. The van der Waals surface area contributed by atoms with Gasteiger partial charge in [0, 0.05) is 27.4 Å². The number of carboxylic acids is 1. The van der Waals surface area contributed by atoms with E-state index in [4.69, 9.17) is 4.74 Å². The summed E-state index contributed by atoms with van der Waals surface area (Å²) in [5.41, 5.74) is 1.21. The van der Waals surface area contributed by atoms with Gasteiger partial charge in [-0.25, -0.2) is 9.37 Å². The predicted molar refractivity (Wildman–Crippen MR) is 94.1 cm³/mol. The van der Waals surface area contributed by atoms with Crippen molar-refractivity contribution in [2.24, 2.45) is 0 Å². The van der Waals surface area contributed by atoms with Crippen LogP contribution in [0.25, 0.3) is 0 Å². The molecule has 0 saturated heterocycles. The molecule has 0 atom stereocenters.